The number of aromatic nitrogens is 1. The van der Waals surface area contributed by atoms with Gasteiger partial charge < -0.3 is 15.8 Å². The molecule has 0 aliphatic carbocycles. The molecule has 5 nitrogen and oxygen atoms in total. The number of rotatable bonds is 5. The molecular formula is C15H16F3IN4O. The van der Waals surface area contributed by atoms with Gasteiger partial charge in [0.2, 0.25) is 5.88 Å². The molecule has 130 valence electrons. The molecule has 9 heteroatoms. The van der Waals surface area contributed by atoms with E-state index in [1.165, 1.54) is 0 Å². The van der Waals surface area contributed by atoms with Crippen molar-refractivity contribution >= 4 is 35.6 Å². The van der Waals surface area contributed by atoms with E-state index in [2.05, 4.69) is 15.3 Å². The van der Waals surface area contributed by atoms with Crippen LogP contribution in [0.25, 0.3) is 0 Å². The zero-order valence-corrected chi connectivity index (χ0v) is 14.8. The third-order valence-electron chi connectivity index (χ3n) is 2.73. The number of hydrogen-bond acceptors (Lipinski definition) is 3. The number of ether oxygens (including phenoxy) is 1. The topological polar surface area (TPSA) is 72.5 Å². The molecule has 0 amide bonds. The predicted molar refractivity (Wildman–Crippen MR) is 96.7 cm³/mol. The van der Waals surface area contributed by atoms with Crippen LogP contribution in [0.3, 0.4) is 0 Å². The molecule has 1 heterocycles. The summed E-state index contributed by atoms with van der Waals surface area (Å²) >= 11 is 0. The maximum atomic E-state index is 12.4. The van der Waals surface area contributed by atoms with Crippen LogP contribution in [0, 0.1) is 0 Å². The predicted octanol–water partition coefficient (Wildman–Crippen LogP) is 3.52. The van der Waals surface area contributed by atoms with Gasteiger partial charge in [0.1, 0.15) is 6.61 Å². The molecule has 3 N–H and O–H groups in total. The van der Waals surface area contributed by atoms with E-state index in [4.69, 9.17) is 10.5 Å². The Morgan fingerprint density at radius 1 is 1.17 bits per heavy atom. The maximum Gasteiger partial charge on any atom is 0.417 e. The molecule has 0 spiro atoms. The summed E-state index contributed by atoms with van der Waals surface area (Å²) in [5, 5.41) is 2.90. The molecule has 0 atom stereocenters. The number of anilines is 1. The number of nitrogens with two attached hydrogens (primary N) is 1. The second-order valence-corrected chi connectivity index (χ2v) is 4.49. The Bertz CT molecular complexity index is 648. The van der Waals surface area contributed by atoms with Crippen molar-refractivity contribution in [2.24, 2.45) is 10.7 Å². The lowest BCUT2D eigenvalue weighted by Gasteiger charge is -2.08. The lowest BCUT2D eigenvalue weighted by atomic mass is 10.3. The van der Waals surface area contributed by atoms with Crippen LogP contribution in [0.1, 0.15) is 5.56 Å². The van der Waals surface area contributed by atoms with Crippen molar-refractivity contribution in [3.63, 3.8) is 0 Å². The first kappa shape index (κ1) is 20.0. The van der Waals surface area contributed by atoms with Crippen LogP contribution in [0.15, 0.2) is 53.7 Å². The van der Waals surface area contributed by atoms with E-state index in [0.717, 1.165) is 24.0 Å². The fourth-order valence-electron chi connectivity index (χ4n) is 1.66. The van der Waals surface area contributed by atoms with E-state index in [9.17, 15) is 13.2 Å². The number of pyridine rings is 1. The summed E-state index contributed by atoms with van der Waals surface area (Å²) in [6, 6.07) is 11.3. The minimum absolute atomic E-state index is 0. The van der Waals surface area contributed by atoms with Gasteiger partial charge in [-0.05, 0) is 18.2 Å². The van der Waals surface area contributed by atoms with Gasteiger partial charge >= 0.3 is 6.18 Å². The van der Waals surface area contributed by atoms with Gasteiger partial charge in [-0.15, -0.1) is 24.0 Å². The number of nitrogens with one attached hydrogen (secondary N) is 1. The van der Waals surface area contributed by atoms with Crippen molar-refractivity contribution in [2.45, 2.75) is 6.18 Å². The van der Waals surface area contributed by atoms with Crippen molar-refractivity contribution in [2.75, 3.05) is 18.5 Å². The van der Waals surface area contributed by atoms with Gasteiger partial charge in [0.25, 0.3) is 0 Å². The highest BCUT2D eigenvalue weighted by atomic mass is 127. The summed E-state index contributed by atoms with van der Waals surface area (Å²) in [7, 11) is 0. The van der Waals surface area contributed by atoms with Gasteiger partial charge in [-0.1, -0.05) is 18.2 Å². The van der Waals surface area contributed by atoms with Crippen LogP contribution in [0.2, 0.25) is 0 Å². The highest BCUT2D eigenvalue weighted by Gasteiger charge is 2.30. The number of guanidine groups is 1. The van der Waals surface area contributed by atoms with Crippen molar-refractivity contribution in [3.05, 3.63) is 54.2 Å². The Morgan fingerprint density at radius 2 is 1.88 bits per heavy atom. The zero-order valence-electron chi connectivity index (χ0n) is 12.5. The van der Waals surface area contributed by atoms with Gasteiger partial charge in [0.05, 0.1) is 12.1 Å². The quantitative estimate of drug-likeness (QED) is 0.315. The van der Waals surface area contributed by atoms with Crippen LogP contribution < -0.4 is 15.8 Å². The third-order valence-corrected chi connectivity index (χ3v) is 2.73. The van der Waals surface area contributed by atoms with Crippen LogP contribution in [0.4, 0.5) is 18.9 Å². The number of para-hydroxylation sites is 1. The molecule has 2 aromatic rings. The number of benzene rings is 1. The average molecular weight is 452 g/mol. The van der Waals surface area contributed by atoms with Crippen molar-refractivity contribution in [1.29, 1.82) is 0 Å². The fraction of sp³-hybridized carbons (Fsp3) is 0.200. The van der Waals surface area contributed by atoms with Crippen molar-refractivity contribution < 1.29 is 17.9 Å². The van der Waals surface area contributed by atoms with Crippen LogP contribution in [-0.4, -0.2) is 24.1 Å². The molecule has 2 rings (SSSR count). The summed E-state index contributed by atoms with van der Waals surface area (Å²) in [5.74, 6) is 0.322. The minimum Gasteiger partial charge on any atom is -0.476 e. The third kappa shape index (κ3) is 6.60. The number of alkyl halides is 3. The molecule has 0 unspecified atom stereocenters. The Labute approximate surface area is 154 Å². The van der Waals surface area contributed by atoms with Gasteiger partial charge in [-0.3, -0.25) is 0 Å². The number of aliphatic imine (C=N–C) groups is 1. The standard InChI is InChI=1S/C15H15F3N4O.HI/c16-15(17,18)11-6-7-13(21-10-11)23-9-8-20-14(19)22-12-4-2-1-3-5-12;/h1-7,10H,8-9H2,(H3,19,20,22);1H. The number of hydrogen-bond donors (Lipinski definition) is 2. The molecule has 0 radical (unpaired) electrons. The highest BCUT2D eigenvalue weighted by molar-refractivity contribution is 14.0. The second kappa shape index (κ2) is 9.30. The maximum absolute atomic E-state index is 12.4. The van der Waals surface area contributed by atoms with Crippen LogP contribution in [0.5, 0.6) is 5.88 Å². The second-order valence-electron chi connectivity index (χ2n) is 4.49. The molecule has 0 fully saturated rings. The Kier molecular flexibility index (Phi) is 7.75. The van der Waals surface area contributed by atoms with Gasteiger partial charge in [-0.2, -0.15) is 13.2 Å². The van der Waals surface area contributed by atoms with Gasteiger partial charge in [0, 0.05) is 18.0 Å². The summed E-state index contributed by atoms with van der Waals surface area (Å²) < 4.78 is 42.3. The number of nitrogens with zero attached hydrogens (tertiary/aromatic N) is 2. The summed E-state index contributed by atoms with van der Waals surface area (Å²) in [6.07, 6.45) is -3.68. The SMILES string of the molecule is I.NC(=NCCOc1ccc(C(F)(F)F)cn1)Nc1ccccc1. The lowest BCUT2D eigenvalue weighted by molar-refractivity contribution is -0.137. The molecule has 1 aromatic heterocycles. The Hall–Kier alpha value is -2.04. The molecule has 24 heavy (non-hydrogen) atoms. The first-order chi connectivity index (χ1) is 10.9. The lowest BCUT2D eigenvalue weighted by Crippen LogP contribution is -2.23. The van der Waals surface area contributed by atoms with E-state index in [1.54, 1.807) is 0 Å². The fourth-order valence-corrected chi connectivity index (χ4v) is 1.66. The van der Waals surface area contributed by atoms with E-state index in [1.807, 2.05) is 30.3 Å². The highest BCUT2D eigenvalue weighted by Crippen LogP contribution is 2.29. The first-order valence-corrected chi connectivity index (χ1v) is 6.73. The van der Waals surface area contributed by atoms with E-state index in [-0.39, 0.29) is 49.0 Å². The Morgan fingerprint density at radius 3 is 2.46 bits per heavy atom. The van der Waals surface area contributed by atoms with Gasteiger partial charge in [0.15, 0.2) is 5.96 Å². The molecular weight excluding hydrogens is 436 g/mol. The van der Waals surface area contributed by atoms with Crippen molar-refractivity contribution in [3.8, 4) is 5.88 Å². The monoisotopic (exact) mass is 452 g/mol. The zero-order chi connectivity index (χ0) is 16.7. The largest absolute Gasteiger partial charge is 0.476 e. The first-order valence-electron chi connectivity index (χ1n) is 6.73. The minimum atomic E-state index is -4.41. The van der Waals surface area contributed by atoms with Crippen molar-refractivity contribution in [1.82, 2.24) is 4.98 Å². The van der Waals surface area contributed by atoms with Crippen LogP contribution in [-0.2, 0) is 6.18 Å². The van der Waals surface area contributed by atoms with Crippen LogP contribution >= 0.6 is 24.0 Å². The summed E-state index contributed by atoms with van der Waals surface area (Å²) in [4.78, 5) is 7.63. The molecule has 1 aromatic carbocycles. The summed E-state index contributed by atoms with van der Waals surface area (Å²) in [6.45, 7) is 0.393. The normalized spacial score (nSPS) is 11.5. The van der Waals surface area contributed by atoms with E-state index < -0.39 is 11.7 Å². The Balaban J connectivity index is 0.00000288. The molecule has 0 bridgehead atoms. The smallest absolute Gasteiger partial charge is 0.417 e. The molecule has 0 saturated carbocycles. The average Bonchev–Trinajstić information content (AvgIpc) is 2.52. The summed E-state index contributed by atoms with van der Waals surface area (Å²) in [5.41, 5.74) is 5.68. The van der Waals surface area contributed by atoms with E-state index in [0.29, 0.717) is 0 Å². The molecule has 0 aliphatic rings. The molecule has 0 saturated heterocycles. The molecule has 0 aliphatic heterocycles. The van der Waals surface area contributed by atoms with E-state index >= 15 is 0 Å². The van der Waals surface area contributed by atoms with Gasteiger partial charge in [-0.25, -0.2) is 9.98 Å². The number of halogens is 4.